The highest BCUT2D eigenvalue weighted by molar-refractivity contribution is 7.99. The molecule has 0 unspecified atom stereocenters. The van der Waals surface area contributed by atoms with Crippen molar-refractivity contribution in [1.82, 2.24) is 9.88 Å². The second kappa shape index (κ2) is 8.22. The average molecular weight is 351 g/mol. The molecule has 0 atom stereocenters. The number of unbranched alkanes of at least 4 members (excludes halogenated alkanes) is 2. The third kappa shape index (κ3) is 4.52. The smallest absolute Gasteiger partial charge is 0.214 e. The summed E-state index contributed by atoms with van der Waals surface area (Å²) >= 11 is 8.27. The molecule has 1 fully saturated rings. The number of ether oxygens (including phenoxy) is 1. The zero-order chi connectivity index (χ0) is 16.1. The number of nitrogens with zero attached hydrogens (tertiary/aromatic N) is 2. The van der Waals surface area contributed by atoms with E-state index in [4.69, 9.17) is 16.3 Å². The summed E-state index contributed by atoms with van der Waals surface area (Å²) in [6, 6.07) is 7.87. The Balaban J connectivity index is 1.46. The lowest BCUT2D eigenvalue weighted by Gasteiger charge is -2.13. The number of halogens is 1. The average Bonchev–Trinajstić information content (AvgIpc) is 3.05. The summed E-state index contributed by atoms with van der Waals surface area (Å²) in [6.07, 6.45) is 3.52. The normalized spacial score (nSPS) is 15.4. The van der Waals surface area contributed by atoms with Gasteiger partial charge in [-0.15, -0.1) is 11.8 Å². The molecule has 1 aromatic heterocycles. The first-order valence-electron chi connectivity index (χ1n) is 8.23. The molecular formula is C18H23ClN2OS. The second-order valence-electron chi connectivity index (χ2n) is 5.98. The number of pyridine rings is 1. The predicted molar refractivity (Wildman–Crippen MR) is 99.7 cm³/mol. The molecule has 0 saturated carbocycles. The molecule has 0 amide bonds. The van der Waals surface area contributed by atoms with E-state index in [0.29, 0.717) is 10.9 Å². The SMILES string of the molecule is Cc1cc(OCCCCCN2CCSC2)nc2c(Cl)cccc12. The number of para-hydroxylation sites is 1. The Morgan fingerprint density at radius 2 is 2.22 bits per heavy atom. The highest BCUT2D eigenvalue weighted by Crippen LogP contribution is 2.27. The highest BCUT2D eigenvalue weighted by Gasteiger charge is 2.10. The zero-order valence-corrected chi connectivity index (χ0v) is 15.1. The molecule has 2 heterocycles. The molecule has 0 aliphatic carbocycles. The van der Waals surface area contributed by atoms with Crippen LogP contribution in [0.15, 0.2) is 24.3 Å². The van der Waals surface area contributed by atoms with Crippen LogP contribution in [0.4, 0.5) is 0 Å². The predicted octanol–water partition coefficient (Wildman–Crippen LogP) is 4.75. The van der Waals surface area contributed by atoms with Gasteiger partial charge in [-0.05, 0) is 44.4 Å². The fourth-order valence-electron chi connectivity index (χ4n) is 2.85. The quantitative estimate of drug-likeness (QED) is 0.673. The van der Waals surface area contributed by atoms with Crippen LogP contribution in [0.5, 0.6) is 5.88 Å². The first-order valence-corrected chi connectivity index (χ1v) is 9.76. The third-order valence-corrected chi connectivity index (χ3v) is 5.49. The third-order valence-electron chi connectivity index (χ3n) is 4.17. The van der Waals surface area contributed by atoms with Crippen molar-refractivity contribution in [2.75, 3.05) is 31.3 Å². The Hall–Kier alpha value is -0.970. The van der Waals surface area contributed by atoms with Crippen molar-refractivity contribution in [3.05, 3.63) is 34.9 Å². The molecule has 1 aromatic carbocycles. The monoisotopic (exact) mass is 350 g/mol. The minimum Gasteiger partial charge on any atom is -0.478 e. The van der Waals surface area contributed by atoms with E-state index in [9.17, 15) is 0 Å². The molecule has 5 heteroatoms. The van der Waals surface area contributed by atoms with Crippen LogP contribution in [0.25, 0.3) is 10.9 Å². The maximum absolute atomic E-state index is 6.24. The van der Waals surface area contributed by atoms with Crippen molar-refractivity contribution < 1.29 is 4.74 Å². The van der Waals surface area contributed by atoms with Crippen LogP contribution in [-0.2, 0) is 0 Å². The van der Waals surface area contributed by atoms with E-state index in [2.05, 4.69) is 16.8 Å². The summed E-state index contributed by atoms with van der Waals surface area (Å²) in [7, 11) is 0. The van der Waals surface area contributed by atoms with E-state index in [0.717, 1.165) is 29.5 Å². The number of hydrogen-bond donors (Lipinski definition) is 0. The van der Waals surface area contributed by atoms with Gasteiger partial charge in [-0.2, -0.15) is 0 Å². The molecule has 0 N–H and O–H groups in total. The standard InChI is InChI=1S/C18H23ClN2OS/c1-14-12-17(20-18-15(14)6-5-7-16(18)19)22-10-4-2-3-8-21-9-11-23-13-21/h5-7,12H,2-4,8-11,13H2,1H3. The number of thioether (sulfide) groups is 1. The van der Waals surface area contributed by atoms with Crippen LogP contribution >= 0.6 is 23.4 Å². The van der Waals surface area contributed by atoms with Crippen molar-refractivity contribution in [3.8, 4) is 5.88 Å². The van der Waals surface area contributed by atoms with Crippen LogP contribution in [0.2, 0.25) is 5.02 Å². The molecule has 3 rings (SSSR count). The minimum absolute atomic E-state index is 0.680. The largest absolute Gasteiger partial charge is 0.478 e. The summed E-state index contributed by atoms with van der Waals surface area (Å²) in [5, 5.41) is 1.77. The summed E-state index contributed by atoms with van der Waals surface area (Å²) in [5.74, 6) is 3.18. The lowest BCUT2D eigenvalue weighted by molar-refractivity contribution is 0.285. The molecule has 124 valence electrons. The van der Waals surface area contributed by atoms with Gasteiger partial charge < -0.3 is 4.74 Å². The van der Waals surface area contributed by atoms with Gasteiger partial charge >= 0.3 is 0 Å². The van der Waals surface area contributed by atoms with Gasteiger partial charge in [0.05, 0.1) is 17.1 Å². The molecule has 3 nitrogen and oxygen atoms in total. The van der Waals surface area contributed by atoms with Crippen LogP contribution in [-0.4, -0.2) is 41.2 Å². The molecule has 1 aliphatic rings. The van der Waals surface area contributed by atoms with Gasteiger partial charge in [-0.25, -0.2) is 4.98 Å². The number of fused-ring (bicyclic) bond motifs is 1. The molecule has 0 radical (unpaired) electrons. The first kappa shape index (κ1) is 16.9. The van der Waals surface area contributed by atoms with E-state index < -0.39 is 0 Å². The Labute approximate surface area is 147 Å². The van der Waals surface area contributed by atoms with Crippen molar-refractivity contribution >= 4 is 34.3 Å². The number of aromatic nitrogens is 1. The van der Waals surface area contributed by atoms with E-state index >= 15 is 0 Å². The fourth-order valence-corrected chi connectivity index (χ4v) is 4.10. The van der Waals surface area contributed by atoms with Crippen molar-refractivity contribution in [2.45, 2.75) is 26.2 Å². The van der Waals surface area contributed by atoms with Crippen molar-refractivity contribution in [2.24, 2.45) is 0 Å². The maximum atomic E-state index is 6.24. The van der Waals surface area contributed by atoms with Crippen LogP contribution < -0.4 is 4.74 Å². The molecule has 0 bridgehead atoms. The molecule has 0 spiro atoms. The van der Waals surface area contributed by atoms with Gasteiger partial charge in [-0.3, -0.25) is 4.90 Å². The van der Waals surface area contributed by atoms with Crippen molar-refractivity contribution in [3.63, 3.8) is 0 Å². The van der Waals surface area contributed by atoms with Crippen LogP contribution in [0.1, 0.15) is 24.8 Å². The lowest BCUT2D eigenvalue weighted by Crippen LogP contribution is -2.20. The van der Waals surface area contributed by atoms with Gasteiger partial charge in [-0.1, -0.05) is 23.7 Å². The molecule has 1 aliphatic heterocycles. The summed E-state index contributed by atoms with van der Waals surface area (Å²) in [5.41, 5.74) is 1.98. The van der Waals surface area contributed by atoms with Gasteiger partial charge in [0.25, 0.3) is 0 Å². The van der Waals surface area contributed by atoms with Gasteiger partial charge in [0.15, 0.2) is 0 Å². The number of rotatable bonds is 7. The van der Waals surface area contributed by atoms with Crippen molar-refractivity contribution in [1.29, 1.82) is 0 Å². The van der Waals surface area contributed by atoms with E-state index in [1.165, 1.54) is 37.6 Å². The Morgan fingerprint density at radius 3 is 3.04 bits per heavy atom. The maximum Gasteiger partial charge on any atom is 0.214 e. The summed E-state index contributed by atoms with van der Waals surface area (Å²) < 4.78 is 5.83. The van der Waals surface area contributed by atoms with Gasteiger partial charge in [0.2, 0.25) is 5.88 Å². The minimum atomic E-state index is 0.680. The zero-order valence-electron chi connectivity index (χ0n) is 13.6. The fraction of sp³-hybridized carbons (Fsp3) is 0.500. The highest BCUT2D eigenvalue weighted by atomic mass is 35.5. The second-order valence-corrected chi connectivity index (χ2v) is 7.46. The Kier molecular flexibility index (Phi) is 6.03. The van der Waals surface area contributed by atoms with E-state index in [-0.39, 0.29) is 0 Å². The summed E-state index contributed by atoms with van der Waals surface area (Å²) in [4.78, 5) is 7.08. The van der Waals surface area contributed by atoms with E-state index in [1.54, 1.807) is 0 Å². The van der Waals surface area contributed by atoms with Crippen LogP contribution in [0.3, 0.4) is 0 Å². The number of hydrogen-bond acceptors (Lipinski definition) is 4. The lowest BCUT2D eigenvalue weighted by atomic mass is 10.1. The molecule has 23 heavy (non-hydrogen) atoms. The molecule has 1 saturated heterocycles. The number of aryl methyl sites for hydroxylation is 1. The van der Waals surface area contributed by atoms with Crippen LogP contribution in [0, 0.1) is 6.92 Å². The summed E-state index contributed by atoms with van der Waals surface area (Å²) in [6.45, 7) is 5.26. The van der Waals surface area contributed by atoms with Gasteiger partial charge in [0, 0.05) is 29.6 Å². The molecule has 2 aromatic rings. The van der Waals surface area contributed by atoms with E-state index in [1.807, 2.05) is 36.0 Å². The van der Waals surface area contributed by atoms with Gasteiger partial charge in [0.1, 0.15) is 0 Å². The first-order chi connectivity index (χ1) is 11.2. The Bertz CT molecular complexity index is 659. The number of benzene rings is 1. The topological polar surface area (TPSA) is 25.4 Å². The molecular weight excluding hydrogens is 328 g/mol. The Morgan fingerprint density at radius 1 is 1.30 bits per heavy atom.